The van der Waals surface area contributed by atoms with Crippen LogP contribution in [0.4, 0.5) is 0 Å². The van der Waals surface area contributed by atoms with Gasteiger partial charge in [0.05, 0.1) is 4.92 Å². The van der Waals surface area contributed by atoms with Crippen LogP contribution in [0.5, 0.6) is 0 Å². The molecule has 0 N–H and O–H groups in total. The Labute approximate surface area is 48.2 Å². The second-order valence-electron chi connectivity index (χ2n) is 1.51. The smallest absolute Gasteiger partial charge is 0.239 e. The lowest BCUT2D eigenvalue weighted by atomic mass is 10.4. The minimum atomic E-state index is -0.385. The van der Waals surface area contributed by atoms with E-state index in [1.54, 1.807) is 6.08 Å². The maximum Gasteiger partial charge on any atom is 0.239 e. The number of nitro groups is 1. The van der Waals surface area contributed by atoms with Crippen molar-refractivity contribution in [3.05, 3.63) is 21.9 Å². The summed E-state index contributed by atoms with van der Waals surface area (Å²) in [4.78, 5) is 9.44. The lowest BCUT2D eigenvalue weighted by Gasteiger charge is -1.84. The second kappa shape index (κ2) is 3.18. The Balaban J connectivity index is 3.80. The summed E-state index contributed by atoms with van der Waals surface area (Å²) in [6, 6.07) is 0. The first-order valence-corrected chi connectivity index (χ1v) is 2.49. The molecule has 0 spiro atoms. The molecular weight excluding hydrogens is 106 g/mol. The fraction of sp³-hybridized carbons (Fsp3) is 0.600. The van der Waals surface area contributed by atoms with Crippen molar-refractivity contribution in [3.63, 3.8) is 0 Å². The van der Waals surface area contributed by atoms with Crippen LogP contribution in [-0.4, -0.2) is 4.92 Å². The molecule has 0 saturated carbocycles. The van der Waals surface area contributed by atoms with Gasteiger partial charge in [0.1, 0.15) is 0 Å². The van der Waals surface area contributed by atoms with Crippen molar-refractivity contribution in [2.75, 3.05) is 0 Å². The zero-order chi connectivity index (χ0) is 6.57. The number of hydrogen-bond donors (Lipinski definition) is 0. The van der Waals surface area contributed by atoms with Crippen molar-refractivity contribution in [2.45, 2.75) is 20.3 Å². The molecule has 0 aromatic carbocycles. The van der Waals surface area contributed by atoms with Crippen LogP contribution in [0, 0.1) is 10.1 Å². The summed E-state index contributed by atoms with van der Waals surface area (Å²) in [7, 11) is 0. The number of allylic oxidation sites excluding steroid dienone is 2. The van der Waals surface area contributed by atoms with E-state index in [-0.39, 0.29) is 10.6 Å². The van der Waals surface area contributed by atoms with Gasteiger partial charge in [-0.05, 0) is 12.5 Å². The van der Waals surface area contributed by atoms with Gasteiger partial charge in [-0.3, -0.25) is 10.1 Å². The molecule has 0 fully saturated rings. The zero-order valence-corrected chi connectivity index (χ0v) is 5.05. The van der Waals surface area contributed by atoms with E-state index in [4.69, 9.17) is 0 Å². The predicted molar refractivity (Wildman–Crippen MR) is 31.0 cm³/mol. The molecule has 0 aromatic heterocycles. The summed E-state index contributed by atoms with van der Waals surface area (Å²) >= 11 is 0. The Morgan fingerprint density at radius 1 is 1.88 bits per heavy atom. The van der Waals surface area contributed by atoms with E-state index >= 15 is 0 Å². The molecule has 3 nitrogen and oxygen atoms in total. The third kappa shape index (κ3) is 2.34. The highest BCUT2D eigenvalue weighted by Gasteiger charge is 1.96. The van der Waals surface area contributed by atoms with Gasteiger partial charge in [-0.15, -0.1) is 0 Å². The molecule has 0 rings (SSSR count). The zero-order valence-electron chi connectivity index (χ0n) is 5.05. The molecule has 0 saturated heterocycles. The van der Waals surface area contributed by atoms with Crippen LogP contribution in [0.2, 0.25) is 0 Å². The van der Waals surface area contributed by atoms with Crippen LogP contribution in [0.3, 0.4) is 0 Å². The van der Waals surface area contributed by atoms with E-state index in [0.29, 0.717) is 0 Å². The average molecular weight is 115 g/mol. The molecular formula is C5H9NO2. The molecule has 0 aromatic rings. The Kier molecular flexibility index (Phi) is 2.84. The highest BCUT2D eigenvalue weighted by molar-refractivity contribution is 4.84. The number of rotatable bonds is 2. The molecule has 8 heavy (non-hydrogen) atoms. The first kappa shape index (κ1) is 7.14. The molecule has 46 valence electrons. The van der Waals surface area contributed by atoms with E-state index in [2.05, 4.69) is 0 Å². The summed E-state index contributed by atoms with van der Waals surface area (Å²) in [5.41, 5.74) is 0.229. The standard InChI is InChI=1S/C5H9NO2/c1-3-4-5(2)6(7)8/h4H,3H2,1-2H3. The molecule has 0 atom stereocenters. The number of nitrogens with zero attached hydrogens (tertiary/aromatic N) is 1. The third-order valence-corrected chi connectivity index (χ3v) is 0.788. The molecule has 0 unspecified atom stereocenters. The topological polar surface area (TPSA) is 43.1 Å². The first-order chi connectivity index (χ1) is 3.68. The first-order valence-electron chi connectivity index (χ1n) is 2.49. The predicted octanol–water partition coefficient (Wildman–Crippen LogP) is 1.58. The molecule has 3 heteroatoms. The Morgan fingerprint density at radius 2 is 2.38 bits per heavy atom. The summed E-state index contributed by atoms with van der Waals surface area (Å²) in [5.74, 6) is 0. The second-order valence-corrected chi connectivity index (χ2v) is 1.51. The molecule has 0 aliphatic rings. The summed E-state index contributed by atoms with van der Waals surface area (Å²) in [6.45, 7) is 3.36. The van der Waals surface area contributed by atoms with Crippen LogP contribution in [0.15, 0.2) is 11.8 Å². The molecule has 0 amide bonds. The van der Waals surface area contributed by atoms with Crippen LogP contribution in [-0.2, 0) is 0 Å². The van der Waals surface area contributed by atoms with Gasteiger partial charge in [0.25, 0.3) is 0 Å². The molecule has 0 aliphatic carbocycles. The monoisotopic (exact) mass is 115 g/mol. The largest absolute Gasteiger partial charge is 0.259 e. The lowest BCUT2D eigenvalue weighted by Crippen LogP contribution is -1.92. The van der Waals surface area contributed by atoms with Crippen molar-refractivity contribution in [1.82, 2.24) is 0 Å². The van der Waals surface area contributed by atoms with Gasteiger partial charge >= 0.3 is 0 Å². The Hall–Kier alpha value is -0.860. The van der Waals surface area contributed by atoms with E-state index in [0.717, 1.165) is 6.42 Å². The Bertz CT molecular complexity index is 118. The van der Waals surface area contributed by atoms with E-state index in [1.165, 1.54) is 6.92 Å². The number of hydrogen-bond acceptors (Lipinski definition) is 2. The highest BCUT2D eigenvalue weighted by Crippen LogP contribution is 1.93. The van der Waals surface area contributed by atoms with Gasteiger partial charge < -0.3 is 0 Å². The molecule has 0 heterocycles. The van der Waals surface area contributed by atoms with Crippen LogP contribution >= 0.6 is 0 Å². The van der Waals surface area contributed by atoms with Crippen LogP contribution in [0.25, 0.3) is 0 Å². The quantitative estimate of drug-likeness (QED) is 0.405. The van der Waals surface area contributed by atoms with Gasteiger partial charge in [0.2, 0.25) is 5.70 Å². The van der Waals surface area contributed by atoms with Gasteiger partial charge in [-0.1, -0.05) is 6.92 Å². The summed E-state index contributed by atoms with van der Waals surface area (Å²) in [6.07, 6.45) is 2.31. The van der Waals surface area contributed by atoms with E-state index < -0.39 is 0 Å². The van der Waals surface area contributed by atoms with Crippen molar-refractivity contribution in [3.8, 4) is 0 Å². The third-order valence-electron chi connectivity index (χ3n) is 0.788. The van der Waals surface area contributed by atoms with Gasteiger partial charge in [-0.25, -0.2) is 0 Å². The lowest BCUT2D eigenvalue weighted by molar-refractivity contribution is -0.424. The average Bonchev–Trinajstić information content (AvgIpc) is 1.67. The normalized spacial score (nSPS) is 11.5. The van der Waals surface area contributed by atoms with E-state index in [1.807, 2.05) is 6.92 Å². The fourth-order valence-electron chi connectivity index (χ4n) is 0.370. The van der Waals surface area contributed by atoms with Gasteiger partial charge in [0, 0.05) is 6.92 Å². The molecule has 0 bridgehead atoms. The maximum atomic E-state index is 9.83. The molecule has 0 radical (unpaired) electrons. The van der Waals surface area contributed by atoms with Crippen LogP contribution < -0.4 is 0 Å². The minimum Gasteiger partial charge on any atom is -0.259 e. The van der Waals surface area contributed by atoms with Crippen LogP contribution in [0.1, 0.15) is 20.3 Å². The summed E-state index contributed by atoms with van der Waals surface area (Å²) in [5, 5.41) is 9.83. The molecule has 0 aliphatic heterocycles. The van der Waals surface area contributed by atoms with Gasteiger partial charge in [0.15, 0.2) is 0 Å². The van der Waals surface area contributed by atoms with Gasteiger partial charge in [-0.2, -0.15) is 0 Å². The summed E-state index contributed by atoms with van der Waals surface area (Å²) < 4.78 is 0. The van der Waals surface area contributed by atoms with Crippen molar-refractivity contribution >= 4 is 0 Å². The van der Waals surface area contributed by atoms with Crippen molar-refractivity contribution < 1.29 is 4.92 Å². The highest BCUT2D eigenvalue weighted by atomic mass is 16.6. The van der Waals surface area contributed by atoms with Crippen molar-refractivity contribution in [1.29, 1.82) is 0 Å². The minimum absolute atomic E-state index is 0.229. The fourth-order valence-corrected chi connectivity index (χ4v) is 0.370. The van der Waals surface area contributed by atoms with Crippen molar-refractivity contribution in [2.24, 2.45) is 0 Å². The van der Waals surface area contributed by atoms with E-state index in [9.17, 15) is 10.1 Å². The maximum absolute atomic E-state index is 9.83. The Morgan fingerprint density at radius 3 is 2.50 bits per heavy atom. The SMILES string of the molecule is CCC=C(C)[N+](=O)[O-].